The van der Waals surface area contributed by atoms with Crippen molar-refractivity contribution in [2.45, 2.75) is 32.2 Å². The van der Waals surface area contributed by atoms with E-state index in [4.69, 9.17) is 0 Å². The minimum absolute atomic E-state index is 0.454. The highest BCUT2D eigenvalue weighted by molar-refractivity contribution is 4.94. The molecule has 1 aromatic heterocycles. The van der Waals surface area contributed by atoms with E-state index in [0.29, 0.717) is 6.04 Å². The molecule has 3 heteroatoms. The molecule has 0 radical (unpaired) electrons. The van der Waals surface area contributed by atoms with Gasteiger partial charge in [0, 0.05) is 12.4 Å². The summed E-state index contributed by atoms with van der Waals surface area (Å²) in [7, 11) is 0. The second-order valence-corrected chi connectivity index (χ2v) is 3.75. The van der Waals surface area contributed by atoms with Gasteiger partial charge < -0.3 is 4.98 Å². The quantitative estimate of drug-likeness (QED) is 0.752. The van der Waals surface area contributed by atoms with Crippen LogP contribution in [0.1, 0.15) is 38.1 Å². The van der Waals surface area contributed by atoms with E-state index in [1.165, 1.54) is 32.4 Å². The maximum Gasteiger partial charge on any atom is 0.123 e. The molecule has 1 fully saturated rings. The average Bonchev–Trinajstić information content (AvgIpc) is 2.71. The molecular formula is C10H17N3. The van der Waals surface area contributed by atoms with Crippen LogP contribution in [0.15, 0.2) is 12.4 Å². The molecule has 72 valence electrons. The first-order valence-corrected chi connectivity index (χ1v) is 5.11. The molecule has 2 rings (SSSR count). The first-order chi connectivity index (χ1) is 6.38. The predicted octanol–water partition coefficient (Wildman–Crippen LogP) is 1.96. The third-order valence-corrected chi connectivity index (χ3v) is 2.85. The third-order valence-electron chi connectivity index (χ3n) is 2.85. The lowest BCUT2D eigenvalue weighted by Gasteiger charge is -2.31. The van der Waals surface area contributed by atoms with Crippen molar-refractivity contribution in [2.24, 2.45) is 0 Å². The minimum atomic E-state index is 0.454. The van der Waals surface area contributed by atoms with Crippen LogP contribution in [0.4, 0.5) is 0 Å². The Morgan fingerprint density at radius 2 is 2.15 bits per heavy atom. The fourth-order valence-electron chi connectivity index (χ4n) is 1.98. The molecule has 1 unspecified atom stereocenters. The Hall–Kier alpha value is -0.830. The summed E-state index contributed by atoms with van der Waals surface area (Å²) in [5.41, 5.74) is 0. The van der Waals surface area contributed by atoms with Gasteiger partial charge in [0.25, 0.3) is 0 Å². The summed E-state index contributed by atoms with van der Waals surface area (Å²) >= 11 is 0. The Labute approximate surface area is 79.2 Å². The van der Waals surface area contributed by atoms with Crippen molar-refractivity contribution >= 4 is 0 Å². The van der Waals surface area contributed by atoms with Crippen LogP contribution in [0.3, 0.4) is 0 Å². The van der Waals surface area contributed by atoms with Crippen molar-refractivity contribution in [3.63, 3.8) is 0 Å². The van der Waals surface area contributed by atoms with Gasteiger partial charge in [-0.15, -0.1) is 0 Å². The number of nitrogens with zero attached hydrogens (tertiary/aromatic N) is 2. The van der Waals surface area contributed by atoms with E-state index < -0.39 is 0 Å². The molecule has 13 heavy (non-hydrogen) atoms. The molecule has 0 aromatic carbocycles. The highest BCUT2D eigenvalue weighted by atomic mass is 15.2. The zero-order chi connectivity index (χ0) is 9.10. The number of hydrogen-bond donors (Lipinski definition) is 1. The molecule has 0 saturated carbocycles. The van der Waals surface area contributed by atoms with Gasteiger partial charge in [0.15, 0.2) is 0 Å². The van der Waals surface area contributed by atoms with Crippen LogP contribution >= 0.6 is 0 Å². The Balaban J connectivity index is 1.99. The van der Waals surface area contributed by atoms with E-state index in [-0.39, 0.29) is 0 Å². The summed E-state index contributed by atoms with van der Waals surface area (Å²) in [6.45, 7) is 4.67. The molecule has 1 aliphatic heterocycles. The molecular weight excluding hydrogens is 162 g/mol. The number of rotatable bonds is 2. The van der Waals surface area contributed by atoms with Crippen molar-refractivity contribution in [3.8, 4) is 0 Å². The monoisotopic (exact) mass is 179 g/mol. The summed E-state index contributed by atoms with van der Waals surface area (Å²) in [6, 6.07) is 0.454. The van der Waals surface area contributed by atoms with Gasteiger partial charge in [0.05, 0.1) is 6.04 Å². The van der Waals surface area contributed by atoms with E-state index in [1.807, 2.05) is 12.4 Å². The lowest BCUT2D eigenvalue weighted by atomic mass is 10.1. The number of H-pyrrole nitrogens is 1. The van der Waals surface area contributed by atoms with E-state index in [1.54, 1.807) is 0 Å². The first kappa shape index (κ1) is 8.75. The van der Waals surface area contributed by atoms with Crippen molar-refractivity contribution in [1.29, 1.82) is 0 Å². The summed E-state index contributed by atoms with van der Waals surface area (Å²) in [5.74, 6) is 1.10. The standard InChI is InChI=1S/C10H17N3/c1-9(10-11-5-6-12-10)13-7-3-2-4-8-13/h5-6,9H,2-4,7-8H2,1H3,(H,11,12). The molecule has 0 spiro atoms. The predicted molar refractivity (Wildman–Crippen MR) is 52.4 cm³/mol. The highest BCUT2D eigenvalue weighted by Crippen LogP contribution is 2.20. The molecule has 1 N–H and O–H groups in total. The second kappa shape index (κ2) is 3.92. The zero-order valence-electron chi connectivity index (χ0n) is 8.16. The smallest absolute Gasteiger partial charge is 0.123 e. The van der Waals surface area contributed by atoms with Gasteiger partial charge in [-0.2, -0.15) is 0 Å². The number of aromatic nitrogens is 2. The molecule has 0 aliphatic carbocycles. The third kappa shape index (κ3) is 1.91. The Kier molecular flexibility index (Phi) is 2.64. The van der Waals surface area contributed by atoms with Gasteiger partial charge in [0.2, 0.25) is 0 Å². The molecule has 1 aliphatic rings. The summed E-state index contributed by atoms with van der Waals surface area (Å²) in [4.78, 5) is 9.98. The van der Waals surface area contributed by atoms with Gasteiger partial charge in [-0.05, 0) is 32.9 Å². The van der Waals surface area contributed by atoms with Crippen LogP contribution in [0.25, 0.3) is 0 Å². The fourth-order valence-corrected chi connectivity index (χ4v) is 1.98. The van der Waals surface area contributed by atoms with Gasteiger partial charge in [-0.25, -0.2) is 4.98 Å². The summed E-state index contributed by atoms with van der Waals surface area (Å²) in [5, 5.41) is 0. The van der Waals surface area contributed by atoms with E-state index in [2.05, 4.69) is 21.8 Å². The summed E-state index contributed by atoms with van der Waals surface area (Å²) in [6.07, 6.45) is 7.79. The zero-order valence-corrected chi connectivity index (χ0v) is 8.16. The molecule has 1 aromatic rings. The Morgan fingerprint density at radius 3 is 2.77 bits per heavy atom. The van der Waals surface area contributed by atoms with Crippen LogP contribution in [-0.2, 0) is 0 Å². The van der Waals surface area contributed by atoms with Crippen molar-refractivity contribution < 1.29 is 0 Å². The number of nitrogens with one attached hydrogen (secondary N) is 1. The SMILES string of the molecule is CC(c1ncc[nH]1)N1CCCCC1. The number of imidazole rings is 1. The molecule has 0 amide bonds. The van der Waals surface area contributed by atoms with Crippen LogP contribution in [0, 0.1) is 0 Å². The van der Waals surface area contributed by atoms with Gasteiger partial charge in [-0.3, -0.25) is 4.90 Å². The van der Waals surface area contributed by atoms with E-state index >= 15 is 0 Å². The van der Waals surface area contributed by atoms with E-state index in [9.17, 15) is 0 Å². The molecule has 3 nitrogen and oxygen atoms in total. The lowest BCUT2D eigenvalue weighted by molar-refractivity contribution is 0.169. The molecule has 2 heterocycles. The summed E-state index contributed by atoms with van der Waals surface area (Å²) < 4.78 is 0. The maximum absolute atomic E-state index is 4.29. The first-order valence-electron chi connectivity index (χ1n) is 5.11. The molecule has 0 bridgehead atoms. The fraction of sp³-hybridized carbons (Fsp3) is 0.700. The molecule has 1 saturated heterocycles. The van der Waals surface area contributed by atoms with Crippen LogP contribution in [0.2, 0.25) is 0 Å². The average molecular weight is 179 g/mol. The van der Waals surface area contributed by atoms with Crippen molar-refractivity contribution in [1.82, 2.24) is 14.9 Å². The largest absolute Gasteiger partial charge is 0.347 e. The van der Waals surface area contributed by atoms with Crippen LogP contribution in [0.5, 0.6) is 0 Å². The van der Waals surface area contributed by atoms with Crippen molar-refractivity contribution in [3.05, 3.63) is 18.2 Å². The molecule has 1 atom stereocenters. The van der Waals surface area contributed by atoms with Crippen LogP contribution < -0.4 is 0 Å². The van der Waals surface area contributed by atoms with Gasteiger partial charge in [0.1, 0.15) is 5.82 Å². The number of aromatic amines is 1. The second-order valence-electron chi connectivity index (χ2n) is 3.75. The van der Waals surface area contributed by atoms with Crippen molar-refractivity contribution in [2.75, 3.05) is 13.1 Å². The topological polar surface area (TPSA) is 31.9 Å². The van der Waals surface area contributed by atoms with E-state index in [0.717, 1.165) is 5.82 Å². The van der Waals surface area contributed by atoms with Gasteiger partial charge in [-0.1, -0.05) is 6.42 Å². The van der Waals surface area contributed by atoms with Gasteiger partial charge >= 0.3 is 0 Å². The Bertz CT molecular complexity index is 237. The number of likely N-dealkylation sites (tertiary alicyclic amines) is 1. The highest BCUT2D eigenvalue weighted by Gasteiger charge is 2.19. The normalized spacial score (nSPS) is 21.6. The number of piperidine rings is 1. The Morgan fingerprint density at radius 1 is 1.38 bits per heavy atom. The maximum atomic E-state index is 4.29. The minimum Gasteiger partial charge on any atom is -0.347 e. The lowest BCUT2D eigenvalue weighted by Crippen LogP contribution is -2.32. The van der Waals surface area contributed by atoms with Crippen LogP contribution in [-0.4, -0.2) is 28.0 Å². The number of hydrogen-bond acceptors (Lipinski definition) is 2.